The van der Waals surface area contributed by atoms with Crippen molar-refractivity contribution in [3.05, 3.63) is 0 Å². The van der Waals surface area contributed by atoms with E-state index in [0.29, 0.717) is 25.6 Å². The zero-order chi connectivity index (χ0) is 11.9. The molecule has 0 N–H and O–H groups in total. The van der Waals surface area contributed by atoms with Crippen molar-refractivity contribution in [1.82, 2.24) is 0 Å². The van der Waals surface area contributed by atoms with Gasteiger partial charge in [-0.15, -0.1) is 0 Å². The van der Waals surface area contributed by atoms with E-state index in [9.17, 15) is 4.57 Å². The van der Waals surface area contributed by atoms with Gasteiger partial charge in [0.1, 0.15) is 0 Å². The zero-order valence-electron chi connectivity index (χ0n) is 10.4. The lowest BCUT2D eigenvalue weighted by Gasteiger charge is -2.29. The summed E-state index contributed by atoms with van der Waals surface area (Å²) in [7, 11) is -4.88. The van der Waals surface area contributed by atoms with Crippen LogP contribution in [0.3, 0.4) is 0 Å². The minimum atomic E-state index is -2.69. The maximum Gasteiger partial charge on any atom is 0.508 e. The second kappa shape index (κ2) is 6.81. The number of hydrogen-bond acceptors (Lipinski definition) is 4. The third kappa shape index (κ3) is 6.48. The fourth-order valence-electron chi connectivity index (χ4n) is 1.39. The molecule has 0 fully saturated rings. The Hall–Kier alpha value is 0.327. The Bertz CT molecular complexity index is 199. The third-order valence-electron chi connectivity index (χ3n) is 1.67. The standard InChI is InChI=1S/C9H23O4PSi/c1-6-11-15(12-7-2,13-8-3)9-14(4,5)10/h6-9H2,1-5H3. The van der Waals surface area contributed by atoms with E-state index >= 15 is 0 Å². The van der Waals surface area contributed by atoms with Crippen molar-refractivity contribution in [2.45, 2.75) is 20.8 Å². The lowest BCUT2D eigenvalue weighted by atomic mass is 10.9. The van der Waals surface area contributed by atoms with Crippen molar-refractivity contribution in [2.24, 2.45) is 0 Å². The predicted molar refractivity (Wildman–Crippen MR) is 65.0 cm³/mol. The first-order valence-electron chi connectivity index (χ1n) is 5.35. The van der Waals surface area contributed by atoms with Crippen molar-refractivity contribution in [3.63, 3.8) is 0 Å². The summed E-state index contributed by atoms with van der Waals surface area (Å²) in [6, 6.07) is 0. The van der Waals surface area contributed by atoms with Crippen molar-refractivity contribution in [1.29, 1.82) is 0 Å². The molecule has 6 heteroatoms. The van der Waals surface area contributed by atoms with Gasteiger partial charge in [-0.2, -0.15) is 0 Å². The van der Waals surface area contributed by atoms with Crippen LogP contribution in [-0.4, -0.2) is 47.7 Å². The molecule has 0 atom stereocenters. The molecule has 15 heavy (non-hydrogen) atoms. The predicted octanol–water partition coefficient (Wildman–Crippen LogP) is 2.20. The van der Waals surface area contributed by atoms with E-state index in [0.717, 1.165) is 0 Å². The largest absolute Gasteiger partial charge is 0.508 e. The van der Waals surface area contributed by atoms with Crippen LogP contribution in [0.1, 0.15) is 20.8 Å². The van der Waals surface area contributed by atoms with E-state index in [4.69, 9.17) is 13.3 Å². The molecule has 0 saturated heterocycles. The van der Waals surface area contributed by atoms with E-state index in [1.54, 1.807) is 13.3 Å². The van der Waals surface area contributed by atoms with Gasteiger partial charge in [-0.05, 0) is 34.1 Å². The molecule has 0 aliphatic carbocycles. The van der Waals surface area contributed by atoms with Gasteiger partial charge >= 0.3 is 8.80 Å². The first-order valence-corrected chi connectivity index (χ1v) is 10.1. The van der Waals surface area contributed by atoms with E-state index in [-0.39, 0.29) is 0 Å². The van der Waals surface area contributed by atoms with Gasteiger partial charge < -0.3 is 17.8 Å². The summed E-state index contributed by atoms with van der Waals surface area (Å²) in [5.74, 6) is 0.426. The zero-order valence-corrected chi connectivity index (χ0v) is 12.3. The summed E-state index contributed by atoms with van der Waals surface area (Å²) in [5, 5.41) is 0. The Morgan fingerprint density at radius 1 is 0.933 bits per heavy atom. The molecule has 0 radical (unpaired) electrons. The molecule has 92 valence electrons. The van der Waals surface area contributed by atoms with Crippen molar-refractivity contribution in [2.75, 3.05) is 38.9 Å². The number of rotatable bonds is 8. The van der Waals surface area contributed by atoms with Crippen LogP contribution in [0.25, 0.3) is 0 Å². The highest BCUT2D eigenvalue weighted by Crippen LogP contribution is 2.39. The fraction of sp³-hybridized carbons (Fsp3) is 1.00. The van der Waals surface area contributed by atoms with Gasteiger partial charge in [0.2, 0.25) is 0 Å². The van der Waals surface area contributed by atoms with Gasteiger partial charge in [-0.3, -0.25) is 0 Å². The van der Waals surface area contributed by atoms with Crippen LogP contribution in [0.4, 0.5) is 0 Å². The molecule has 0 aromatic carbocycles. The van der Waals surface area contributed by atoms with Crippen LogP contribution >= 0.6 is 7.14 Å². The van der Waals surface area contributed by atoms with Crippen LogP contribution in [0.5, 0.6) is 0 Å². The second-order valence-electron chi connectivity index (χ2n) is 3.71. The van der Waals surface area contributed by atoms with Crippen molar-refractivity contribution < 1.29 is 17.8 Å². The van der Waals surface area contributed by atoms with Crippen LogP contribution in [0, 0.1) is 0 Å². The highest BCUT2D eigenvalue weighted by Gasteiger charge is 2.44. The fourth-order valence-corrected chi connectivity index (χ4v) is 7.78. The monoisotopic (exact) mass is 254 g/mol. The molecule has 0 unspecified atom stereocenters. The molecule has 0 bridgehead atoms. The average Bonchev–Trinajstić information content (AvgIpc) is 2.01. The van der Waals surface area contributed by atoms with Gasteiger partial charge in [0.25, 0.3) is 0 Å². The maximum atomic E-state index is 11.8. The van der Waals surface area contributed by atoms with Crippen molar-refractivity contribution >= 4 is 15.9 Å². The first kappa shape index (κ1) is 15.3. The molecule has 0 saturated carbocycles. The van der Waals surface area contributed by atoms with E-state index in [2.05, 4.69) is 0 Å². The molecular formula is C9H23O4PSi. The van der Waals surface area contributed by atoms with Gasteiger partial charge in [0.05, 0.1) is 12.9 Å². The molecule has 0 rings (SSSR count). The first-order chi connectivity index (χ1) is 6.89. The van der Waals surface area contributed by atoms with Crippen LogP contribution < -0.4 is 0 Å². The molecular weight excluding hydrogens is 231 g/mol. The number of hydrogen-bond donors (Lipinski definition) is 0. The Labute approximate surface area is 94.0 Å². The Morgan fingerprint density at radius 3 is 1.47 bits per heavy atom. The maximum absolute atomic E-state index is 11.8. The Kier molecular flexibility index (Phi) is 6.96. The molecule has 0 spiro atoms. The quantitative estimate of drug-likeness (QED) is 0.492. The molecule has 0 aliphatic rings. The van der Waals surface area contributed by atoms with E-state index in [1.165, 1.54) is 0 Å². The summed E-state index contributed by atoms with van der Waals surface area (Å²) in [4.78, 5) is 0. The van der Waals surface area contributed by atoms with Gasteiger partial charge in [-0.1, -0.05) is 0 Å². The van der Waals surface area contributed by atoms with Crippen LogP contribution in [0.2, 0.25) is 0 Å². The third-order valence-corrected chi connectivity index (χ3v) is 8.45. The van der Waals surface area contributed by atoms with Crippen molar-refractivity contribution in [3.8, 4) is 0 Å². The molecule has 4 nitrogen and oxygen atoms in total. The van der Waals surface area contributed by atoms with Gasteiger partial charge in [0.15, 0.2) is 0 Å². The van der Waals surface area contributed by atoms with Crippen LogP contribution in [-0.2, 0) is 17.8 Å². The average molecular weight is 254 g/mol. The normalized spacial score (nSPS) is 13.1. The molecule has 0 aromatic heterocycles. The molecule has 0 aromatic rings. The topological polar surface area (TPSA) is 44.8 Å². The summed E-state index contributed by atoms with van der Waals surface area (Å²) in [6.45, 7) is 10.8. The molecule has 0 heterocycles. The highest BCUT2D eigenvalue weighted by molar-refractivity contribution is 7.64. The lowest BCUT2D eigenvalue weighted by molar-refractivity contribution is 0.0768. The smallest absolute Gasteiger partial charge is 0.373 e. The summed E-state index contributed by atoms with van der Waals surface area (Å²) in [5.41, 5.74) is 0. The Balaban J connectivity index is 4.67. The Morgan fingerprint density at radius 2 is 1.27 bits per heavy atom. The lowest BCUT2D eigenvalue weighted by Crippen LogP contribution is -2.49. The van der Waals surface area contributed by atoms with E-state index in [1.807, 2.05) is 20.8 Å². The molecule has 0 aliphatic heterocycles. The summed E-state index contributed by atoms with van der Waals surface area (Å²) in [6.07, 6.45) is 0. The second-order valence-corrected chi connectivity index (χ2v) is 10.4. The summed E-state index contributed by atoms with van der Waals surface area (Å²) >= 11 is 0. The molecule has 0 amide bonds. The minimum Gasteiger partial charge on any atom is -0.373 e. The van der Waals surface area contributed by atoms with E-state index < -0.39 is 15.9 Å². The summed E-state index contributed by atoms with van der Waals surface area (Å²) < 4.78 is 28.7. The van der Waals surface area contributed by atoms with Crippen LogP contribution in [0.15, 0.2) is 0 Å². The highest BCUT2D eigenvalue weighted by atomic mass is 31.2. The minimum absolute atomic E-state index is 0.426. The van der Waals surface area contributed by atoms with Gasteiger partial charge in [0, 0.05) is 19.8 Å². The van der Waals surface area contributed by atoms with Gasteiger partial charge in [-0.25, -0.2) is 0 Å². The SMILES string of the molecule is CCO[Si](CP(C)(C)=O)(OCC)OCC.